The summed E-state index contributed by atoms with van der Waals surface area (Å²) in [6.45, 7) is 3.51. The molecule has 1 saturated heterocycles. The van der Waals surface area contributed by atoms with Gasteiger partial charge in [0.2, 0.25) is 11.8 Å². The number of pyridine rings is 1. The standard InChI is InChI=1S/C17H25N3O5/c1-4-25-15-13(6-5-7-19-15)16(22)20-8-9-24-12-17(11-20,23-3)10-14(21)18-2/h5-7H,4,8-12H2,1-3H3,(H,18,21). The van der Waals surface area contributed by atoms with Gasteiger partial charge < -0.3 is 24.4 Å². The van der Waals surface area contributed by atoms with Gasteiger partial charge in [-0.1, -0.05) is 0 Å². The molecule has 1 fully saturated rings. The summed E-state index contributed by atoms with van der Waals surface area (Å²) in [7, 11) is 3.09. The Morgan fingerprint density at radius 2 is 2.28 bits per heavy atom. The summed E-state index contributed by atoms with van der Waals surface area (Å²) in [6.07, 6.45) is 1.69. The van der Waals surface area contributed by atoms with Gasteiger partial charge in [-0.05, 0) is 19.1 Å². The maximum absolute atomic E-state index is 13.0. The lowest BCUT2D eigenvalue weighted by Gasteiger charge is -2.33. The van der Waals surface area contributed by atoms with Crippen molar-refractivity contribution >= 4 is 11.8 Å². The molecule has 0 bridgehead atoms. The SMILES string of the molecule is CCOc1ncccc1C(=O)N1CCOCC(CC(=O)NC)(OC)C1. The number of ether oxygens (including phenoxy) is 3. The molecule has 0 aromatic carbocycles. The summed E-state index contributed by atoms with van der Waals surface area (Å²) in [6, 6.07) is 3.37. The number of aromatic nitrogens is 1. The number of hydrogen-bond acceptors (Lipinski definition) is 6. The maximum Gasteiger partial charge on any atom is 0.259 e. The number of carbonyl (C=O) groups excluding carboxylic acids is 2. The van der Waals surface area contributed by atoms with Crippen LogP contribution >= 0.6 is 0 Å². The molecule has 8 heteroatoms. The van der Waals surface area contributed by atoms with Gasteiger partial charge in [0.05, 0.1) is 32.8 Å². The third-order valence-corrected chi connectivity index (χ3v) is 4.11. The molecule has 2 rings (SSSR count). The van der Waals surface area contributed by atoms with Crippen molar-refractivity contribution in [3.8, 4) is 5.88 Å². The quantitative estimate of drug-likeness (QED) is 0.801. The Morgan fingerprint density at radius 1 is 1.48 bits per heavy atom. The van der Waals surface area contributed by atoms with Gasteiger partial charge in [0.15, 0.2) is 0 Å². The summed E-state index contributed by atoms with van der Waals surface area (Å²) in [5.41, 5.74) is -0.503. The normalized spacial score (nSPS) is 20.7. The topological polar surface area (TPSA) is 90.0 Å². The molecule has 1 unspecified atom stereocenters. The lowest BCUT2D eigenvalue weighted by molar-refractivity contribution is -0.131. The summed E-state index contributed by atoms with van der Waals surface area (Å²) < 4.78 is 16.6. The van der Waals surface area contributed by atoms with E-state index in [2.05, 4.69) is 10.3 Å². The molecular formula is C17H25N3O5. The Hall–Kier alpha value is -2.19. The molecule has 2 heterocycles. The molecule has 2 amide bonds. The fourth-order valence-corrected chi connectivity index (χ4v) is 2.74. The molecule has 0 saturated carbocycles. The van der Waals surface area contributed by atoms with Gasteiger partial charge in [0, 0.05) is 26.9 Å². The Balaban J connectivity index is 2.25. The smallest absolute Gasteiger partial charge is 0.259 e. The highest BCUT2D eigenvalue weighted by atomic mass is 16.5. The summed E-state index contributed by atoms with van der Waals surface area (Å²) in [5.74, 6) is -0.0917. The lowest BCUT2D eigenvalue weighted by atomic mass is 9.98. The molecule has 25 heavy (non-hydrogen) atoms. The van der Waals surface area contributed by atoms with Crippen LogP contribution in [0.25, 0.3) is 0 Å². The van der Waals surface area contributed by atoms with Gasteiger partial charge in [0.1, 0.15) is 11.2 Å². The third-order valence-electron chi connectivity index (χ3n) is 4.11. The fourth-order valence-electron chi connectivity index (χ4n) is 2.74. The van der Waals surface area contributed by atoms with Crippen LogP contribution < -0.4 is 10.1 Å². The number of carbonyl (C=O) groups is 2. The van der Waals surface area contributed by atoms with E-state index in [1.54, 1.807) is 30.3 Å². The van der Waals surface area contributed by atoms with Crippen LogP contribution in [0.1, 0.15) is 23.7 Å². The van der Waals surface area contributed by atoms with Crippen LogP contribution in [0.4, 0.5) is 0 Å². The van der Waals surface area contributed by atoms with E-state index >= 15 is 0 Å². The molecule has 1 aromatic heterocycles. The van der Waals surface area contributed by atoms with E-state index in [4.69, 9.17) is 14.2 Å². The van der Waals surface area contributed by atoms with Gasteiger partial charge in [0.25, 0.3) is 5.91 Å². The Bertz CT molecular complexity index is 610. The predicted molar refractivity (Wildman–Crippen MR) is 90.6 cm³/mol. The number of rotatable bonds is 6. The summed E-state index contributed by atoms with van der Waals surface area (Å²) in [4.78, 5) is 30.6. The van der Waals surface area contributed by atoms with Crippen LogP contribution in [0.15, 0.2) is 18.3 Å². The highest BCUT2D eigenvalue weighted by Gasteiger charge is 2.39. The van der Waals surface area contributed by atoms with Crippen molar-refractivity contribution in [1.82, 2.24) is 15.2 Å². The van der Waals surface area contributed by atoms with Gasteiger partial charge in [-0.25, -0.2) is 4.98 Å². The van der Waals surface area contributed by atoms with Gasteiger partial charge in [-0.15, -0.1) is 0 Å². The minimum absolute atomic E-state index is 0.106. The van der Waals surface area contributed by atoms with E-state index in [1.165, 1.54) is 7.11 Å². The summed E-state index contributed by atoms with van der Waals surface area (Å²) >= 11 is 0. The molecule has 138 valence electrons. The van der Waals surface area contributed by atoms with Crippen molar-refractivity contribution in [1.29, 1.82) is 0 Å². The number of nitrogens with one attached hydrogen (secondary N) is 1. The minimum atomic E-state index is -0.889. The molecule has 1 aliphatic rings. The van der Waals surface area contributed by atoms with Crippen molar-refractivity contribution in [3.63, 3.8) is 0 Å². The first-order valence-electron chi connectivity index (χ1n) is 8.26. The van der Waals surface area contributed by atoms with Crippen molar-refractivity contribution in [2.75, 3.05) is 47.1 Å². The second-order valence-electron chi connectivity index (χ2n) is 5.81. The van der Waals surface area contributed by atoms with Crippen molar-refractivity contribution in [2.45, 2.75) is 18.9 Å². The van der Waals surface area contributed by atoms with Crippen LogP contribution in [0.2, 0.25) is 0 Å². The first kappa shape index (κ1) is 19.1. The zero-order valence-electron chi connectivity index (χ0n) is 14.9. The lowest BCUT2D eigenvalue weighted by Crippen LogP contribution is -2.50. The van der Waals surface area contributed by atoms with Gasteiger partial charge in [-0.3, -0.25) is 9.59 Å². The minimum Gasteiger partial charge on any atom is -0.477 e. The van der Waals surface area contributed by atoms with Crippen molar-refractivity contribution < 1.29 is 23.8 Å². The predicted octanol–water partition coefficient (Wildman–Crippen LogP) is 0.474. The molecular weight excluding hydrogens is 326 g/mol. The molecule has 8 nitrogen and oxygen atoms in total. The Morgan fingerprint density at radius 3 is 2.96 bits per heavy atom. The van der Waals surface area contributed by atoms with Crippen LogP contribution in [0.5, 0.6) is 5.88 Å². The zero-order valence-corrected chi connectivity index (χ0v) is 14.9. The molecule has 0 radical (unpaired) electrons. The maximum atomic E-state index is 13.0. The van der Waals surface area contributed by atoms with E-state index in [1.807, 2.05) is 6.92 Å². The van der Waals surface area contributed by atoms with E-state index in [0.29, 0.717) is 31.2 Å². The highest BCUT2D eigenvalue weighted by Crippen LogP contribution is 2.24. The Kier molecular flexibility index (Phi) is 6.72. The van der Waals surface area contributed by atoms with E-state index in [9.17, 15) is 9.59 Å². The first-order chi connectivity index (χ1) is 12.0. The molecule has 1 aliphatic heterocycles. The van der Waals surface area contributed by atoms with Crippen LogP contribution in [-0.2, 0) is 14.3 Å². The van der Waals surface area contributed by atoms with Crippen molar-refractivity contribution in [2.24, 2.45) is 0 Å². The number of amides is 2. The van der Waals surface area contributed by atoms with Crippen LogP contribution in [-0.4, -0.2) is 74.4 Å². The first-order valence-corrected chi connectivity index (χ1v) is 8.26. The fraction of sp³-hybridized carbons (Fsp3) is 0.588. The summed E-state index contributed by atoms with van der Waals surface area (Å²) in [5, 5.41) is 2.59. The third kappa shape index (κ3) is 4.67. The van der Waals surface area contributed by atoms with Crippen LogP contribution in [0.3, 0.4) is 0 Å². The molecule has 1 aromatic rings. The highest BCUT2D eigenvalue weighted by molar-refractivity contribution is 5.96. The molecule has 1 N–H and O–H groups in total. The zero-order chi connectivity index (χ0) is 18.3. The number of hydrogen-bond donors (Lipinski definition) is 1. The molecule has 0 aliphatic carbocycles. The number of nitrogens with zero attached hydrogens (tertiary/aromatic N) is 2. The molecule has 0 spiro atoms. The van der Waals surface area contributed by atoms with Gasteiger partial charge in [-0.2, -0.15) is 0 Å². The van der Waals surface area contributed by atoms with Crippen LogP contribution in [0, 0.1) is 0 Å². The largest absolute Gasteiger partial charge is 0.477 e. The van der Waals surface area contributed by atoms with E-state index < -0.39 is 5.60 Å². The number of methoxy groups -OCH3 is 1. The second kappa shape index (κ2) is 8.77. The molecule has 1 atom stereocenters. The van der Waals surface area contributed by atoms with E-state index in [-0.39, 0.29) is 31.4 Å². The van der Waals surface area contributed by atoms with Gasteiger partial charge >= 0.3 is 0 Å². The van der Waals surface area contributed by atoms with Crippen molar-refractivity contribution in [3.05, 3.63) is 23.9 Å². The average molecular weight is 351 g/mol. The van der Waals surface area contributed by atoms with E-state index in [0.717, 1.165) is 0 Å². The second-order valence-corrected chi connectivity index (χ2v) is 5.81. The Labute approximate surface area is 147 Å². The average Bonchev–Trinajstić information content (AvgIpc) is 2.85. The monoisotopic (exact) mass is 351 g/mol.